The lowest BCUT2D eigenvalue weighted by Gasteiger charge is -2.12. The third-order valence-electron chi connectivity index (χ3n) is 4.23. The first-order valence-electron chi connectivity index (χ1n) is 8.20. The van der Waals surface area contributed by atoms with Crippen LogP contribution in [0.4, 0.5) is 5.69 Å². The monoisotopic (exact) mass is 334 g/mol. The summed E-state index contributed by atoms with van der Waals surface area (Å²) in [5.74, 6) is 2.32. The number of pyridine rings is 1. The Morgan fingerprint density at radius 3 is 3.04 bits per heavy atom. The second-order valence-electron chi connectivity index (χ2n) is 5.98. The summed E-state index contributed by atoms with van der Waals surface area (Å²) in [5.41, 5.74) is 2.81. The number of hydrogen-bond acceptors (Lipinski definition) is 4. The average Bonchev–Trinajstić information content (AvgIpc) is 3.23. The van der Waals surface area contributed by atoms with E-state index in [0.29, 0.717) is 24.5 Å². The van der Waals surface area contributed by atoms with Gasteiger partial charge in [-0.1, -0.05) is 12.1 Å². The maximum Gasteiger partial charge on any atom is 0.228 e. The quantitative estimate of drug-likeness (QED) is 0.796. The molecular weight excluding hydrogens is 316 g/mol. The van der Waals surface area contributed by atoms with Crippen molar-refractivity contribution >= 4 is 11.6 Å². The number of imidazole rings is 1. The van der Waals surface area contributed by atoms with Crippen LogP contribution in [0.1, 0.15) is 17.0 Å². The number of aromatic nitrogens is 3. The van der Waals surface area contributed by atoms with E-state index >= 15 is 0 Å². The number of anilines is 1. The first-order valence-corrected chi connectivity index (χ1v) is 8.20. The van der Waals surface area contributed by atoms with Gasteiger partial charge in [-0.3, -0.25) is 9.36 Å². The third-order valence-corrected chi connectivity index (χ3v) is 4.23. The van der Waals surface area contributed by atoms with Crippen molar-refractivity contribution in [2.24, 2.45) is 0 Å². The molecule has 0 spiro atoms. The molecule has 1 aromatic carbocycles. The lowest BCUT2D eigenvalue weighted by atomic mass is 10.1. The molecule has 0 fully saturated rings. The molecule has 0 aliphatic carbocycles. The van der Waals surface area contributed by atoms with E-state index in [1.807, 2.05) is 42.0 Å². The smallest absolute Gasteiger partial charge is 0.228 e. The molecular formula is C19H18N4O2. The predicted molar refractivity (Wildman–Crippen MR) is 94.1 cm³/mol. The van der Waals surface area contributed by atoms with E-state index in [9.17, 15) is 4.79 Å². The molecule has 0 unspecified atom stereocenters. The summed E-state index contributed by atoms with van der Waals surface area (Å²) in [6.45, 7) is 2.61. The van der Waals surface area contributed by atoms with Crippen LogP contribution in [0.25, 0.3) is 5.82 Å². The van der Waals surface area contributed by atoms with Gasteiger partial charge in [0.25, 0.3) is 0 Å². The Morgan fingerprint density at radius 1 is 1.28 bits per heavy atom. The van der Waals surface area contributed by atoms with Crippen molar-refractivity contribution < 1.29 is 9.53 Å². The first kappa shape index (κ1) is 15.4. The number of nitrogens with zero attached hydrogens (tertiary/aromatic N) is 3. The molecule has 4 rings (SSSR count). The number of hydrogen-bond donors (Lipinski definition) is 1. The van der Waals surface area contributed by atoms with Gasteiger partial charge in [0.05, 0.1) is 18.7 Å². The van der Waals surface area contributed by atoms with Crippen LogP contribution in [0.2, 0.25) is 0 Å². The maximum atomic E-state index is 12.5. The minimum atomic E-state index is -0.0779. The molecule has 1 aliphatic heterocycles. The molecule has 1 N–H and O–H groups in total. The second-order valence-corrected chi connectivity index (χ2v) is 5.98. The van der Waals surface area contributed by atoms with Gasteiger partial charge in [-0.2, -0.15) is 0 Å². The number of nitrogens with one attached hydrogen (secondary N) is 1. The molecule has 0 saturated heterocycles. The molecule has 0 radical (unpaired) electrons. The zero-order valence-corrected chi connectivity index (χ0v) is 13.9. The number of carbonyl (C=O) groups excluding carboxylic acids is 1. The van der Waals surface area contributed by atoms with Crippen molar-refractivity contribution in [3.63, 3.8) is 0 Å². The van der Waals surface area contributed by atoms with Gasteiger partial charge in [-0.15, -0.1) is 0 Å². The molecule has 3 heterocycles. The van der Waals surface area contributed by atoms with Crippen LogP contribution >= 0.6 is 0 Å². The molecule has 3 aromatic rings. The highest BCUT2D eigenvalue weighted by Crippen LogP contribution is 2.26. The molecule has 0 bridgehead atoms. The molecule has 0 atom stereocenters. The Kier molecular flexibility index (Phi) is 3.93. The summed E-state index contributed by atoms with van der Waals surface area (Å²) in [7, 11) is 0. The zero-order valence-electron chi connectivity index (χ0n) is 13.9. The van der Waals surface area contributed by atoms with Gasteiger partial charge < -0.3 is 10.1 Å². The van der Waals surface area contributed by atoms with Crippen LogP contribution in [-0.4, -0.2) is 27.0 Å². The molecule has 1 amide bonds. The number of aryl methyl sites for hydroxylation is 1. The first-order chi connectivity index (χ1) is 12.2. The molecule has 126 valence electrons. The molecule has 25 heavy (non-hydrogen) atoms. The fourth-order valence-corrected chi connectivity index (χ4v) is 3.02. The van der Waals surface area contributed by atoms with Crippen LogP contribution in [-0.2, 0) is 17.6 Å². The second kappa shape index (κ2) is 6.39. The van der Waals surface area contributed by atoms with E-state index in [1.54, 1.807) is 18.5 Å². The number of amides is 1. The van der Waals surface area contributed by atoms with E-state index < -0.39 is 0 Å². The van der Waals surface area contributed by atoms with Crippen molar-refractivity contribution in [3.05, 3.63) is 65.9 Å². The van der Waals surface area contributed by atoms with E-state index in [0.717, 1.165) is 23.6 Å². The van der Waals surface area contributed by atoms with Crippen molar-refractivity contribution in [1.82, 2.24) is 14.5 Å². The van der Waals surface area contributed by atoms with E-state index in [4.69, 9.17) is 4.74 Å². The summed E-state index contributed by atoms with van der Waals surface area (Å²) >= 11 is 0. The molecule has 6 nitrogen and oxygen atoms in total. The van der Waals surface area contributed by atoms with E-state index in [-0.39, 0.29) is 5.91 Å². The minimum absolute atomic E-state index is 0.0779. The van der Waals surface area contributed by atoms with Crippen LogP contribution in [0.5, 0.6) is 5.75 Å². The number of benzene rings is 1. The van der Waals surface area contributed by atoms with Gasteiger partial charge in [0.15, 0.2) is 5.82 Å². The van der Waals surface area contributed by atoms with Crippen molar-refractivity contribution in [3.8, 4) is 11.6 Å². The van der Waals surface area contributed by atoms with Crippen LogP contribution in [0.3, 0.4) is 0 Å². The fraction of sp³-hybridized carbons (Fsp3) is 0.211. The van der Waals surface area contributed by atoms with Gasteiger partial charge in [-0.05, 0) is 36.2 Å². The molecule has 2 aromatic heterocycles. The van der Waals surface area contributed by atoms with Crippen LogP contribution in [0.15, 0.2) is 48.9 Å². The summed E-state index contributed by atoms with van der Waals surface area (Å²) in [6.07, 6.45) is 6.45. The third kappa shape index (κ3) is 3.10. The van der Waals surface area contributed by atoms with Crippen LogP contribution < -0.4 is 10.1 Å². The lowest BCUT2D eigenvalue weighted by Crippen LogP contribution is -2.16. The highest BCUT2D eigenvalue weighted by atomic mass is 16.5. The Balaban J connectivity index is 1.53. The fourth-order valence-electron chi connectivity index (χ4n) is 3.02. The summed E-state index contributed by atoms with van der Waals surface area (Å²) in [5, 5.41) is 2.96. The number of ether oxygens (including phenoxy) is 1. The van der Waals surface area contributed by atoms with Gasteiger partial charge >= 0.3 is 0 Å². The highest BCUT2D eigenvalue weighted by Gasteiger charge is 2.15. The van der Waals surface area contributed by atoms with Gasteiger partial charge in [-0.25, -0.2) is 9.97 Å². The maximum absolute atomic E-state index is 12.5. The standard InChI is InChI=1S/C19H18N4O2/c1-13-20-8-9-23(13)19-16(3-2-7-21-19)22-18(24)12-14-4-5-17-15(11-14)6-10-25-17/h2-5,7-9,11H,6,10,12H2,1H3,(H,22,24). The highest BCUT2D eigenvalue weighted by molar-refractivity contribution is 5.93. The topological polar surface area (TPSA) is 69.0 Å². The molecule has 6 heteroatoms. The van der Waals surface area contributed by atoms with Gasteiger partial charge in [0, 0.05) is 25.0 Å². The summed E-state index contributed by atoms with van der Waals surface area (Å²) in [6, 6.07) is 9.57. The predicted octanol–water partition coefficient (Wildman–Crippen LogP) is 2.69. The number of rotatable bonds is 4. The Hall–Kier alpha value is -3.15. The van der Waals surface area contributed by atoms with Crippen molar-refractivity contribution in [2.75, 3.05) is 11.9 Å². The average molecular weight is 334 g/mol. The van der Waals surface area contributed by atoms with Gasteiger partial charge in [0.2, 0.25) is 5.91 Å². The Bertz CT molecular complexity index is 933. The summed E-state index contributed by atoms with van der Waals surface area (Å²) in [4.78, 5) is 21.1. The number of fused-ring (bicyclic) bond motifs is 1. The molecule has 0 saturated carbocycles. The zero-order chi connectivity index (χ0) is 17.2. The van der Waals surface area contributed by atoms with E-state index in [1.165, 1.54) is 5.56 Å². The van der Waals surface area contributed by atoms with Crippen molar-refractivity contribution in [2.45, 2.75) is 19.8 Å². The van der Waals surface area contributed by atoms with Gasteiger partial charge in [0.1, 0.15) is 11.6 Å². The minimum Gasteiger partial charge on any atom is -0.493 e. The van der Waals surface area contributed by atoms with Crippen LogP contribution in [0, 0.1) is 6.92 Å². The Labute approximate surface area is 145 Å². The Morgan fingerprint density at radius 2 is 2.20 bits per heavy atom. The SMILES string of the molecule is Cc1nccn1-c1ncccc1NC(=O)Cc1ccc2c(c1)CCO2. The van der Waals surface area contributed by atoms with E-state index in [2.05, 4.69) is 15.3 Å². The summed E-state index contributed by atoms with van der Waals surface area (Å²) < 4.78 is 7.35. The lowest BCUT2D eigenvalue weighted by molar-refractivity contribution is -0.115. The van der Waals surface area contributed by atoms with Crippen molar-refractivity contribution in [1.29, 1.82) is 0 Å². The number of carbonyl (C=O) groups is 1. The molecule has 1 aliphatic rings. The normalized spacial score (nSPS) is 12.5. The largest absolute Gasteiger partial charge is 0.493 e.